The van der Waals surface area contributed by atoms with Crippen LogP contribution in [-0.2, 0) is 31.6 Å². The summed E-state index contributed by atoms with van der Waals surface area (Å²) in [6.45, 7) is 17.7. The van der Waals surface area contributed by atoms with Crippen LogP contribution < -0.4 is 10.2 Å². The fraction of sp³-hybridized carbons (Fsp3) is 0.509. The summed E-state index contributed by atoms with van der Waals surface area (Å²) >= 11 is 19.8. The molecular formula is C53H74Cl3N2O3S+. The van der Waals surface area contributed by atoms with E-state index in [0.29, 0.717) is 0 Å². The summed E-state index contributed by atoms with van der Waals surface area (Å²) in [5, 5.41) is 4.75. The normalized spacial score (nSPS) is 16.7. The van der Waals surface area contributed by atoms with Crippen molar-refractivity contribution in [2.24, 2.45) is 0 Å². The average Bonchev–Trinajstić information content (AvgIpc) is 3.46. The highest BCUT2D eigenvalue weighted by Gasteiger charge is 2.39. The number of hydrogen-bond acceptors (Lipinski definition) is 4. The molecule has 1 aliphatic carbocycles. The maximum atomic E-state index is 11.5. The fourth-order valence-corrected chi connectivity index (χ4v) is 10.1. The minimum absolute atomic E-state index is 0.0389. The highest BCUT2D eigenvalue weighted by molar-refractivity contribution is 7.86. The minimum atomic E-state index is -3.56. The van der Waals surface area contributed by atoms with Crippen molar-refractivity contribution >= 4 is 56.3 Å². The number of rotatable bonds is 21. The molecule has 0 saturated heterocycles. The van der Waals surface area contributed by atoms with Crippen molar-refractivity contribution < 1.29 is 17.9 Å². The molecule has 1 heterocycles. The summed E-state index contributed by atoms with van der Waals surface area (Å²) in [6.07, 6.45) is 27.4. The van der Waals surface area contributed by atoms with Gasteiger partial charge in [-0.3, -0.25) is 4.18 Å². The van der Waals surface area contributed by atoms with E-state index in [1.54, 1.807) is 12.1 Å². The lowest BCUT2D eigenvalue weighted by Gasteiger charge is -2.26. The van der Waals surface area contributed by atoms with Crippen LogP contribution in [-0.4, -0.2) is 28.6 Å². The average molecular weight is 926 g/mol. The number of nitrogens with two attached hydrogens (primary N) is 1. The Bertz CT molecular complexity index is 2130. The van der Waals surface area contributed by atoms with Crippen LogP contribution in [0.5, 0.6) is 0 Å². The van der Waals surface area contributed by atoms with Crippen LogP contribution in [0.4, 0.5) is 11.4 Å². The SMILES string of the molecule is CCCCCCCCCCCCc1ccc(S(=O)(=O)OC)cc1.CC[NH2+]c1ccc(Cl)cc1C(C)(C)C/C=C/C1=C(Cl)C(=C/C=C2/N(CC)c3ccc(Cl)cc3C2(C)C)/CCC1. The second-order valence-electron chi connectivity index (χ2n) is 18.0. The van der Waals surface area contributed by atoms with Gasteiger partial charge < -0.3 is 10.2 Å². The predicted octanol–water partition coefficient (Wildman–Crippen LogP) is 15.2. The van der Waals surface area contributed by atoms with Crippen molar-refractivity contribution in [3.8, 4) is 0 Å². The van der Waals surface area contributed by atoms with E-state index in [-0.39, 0.29) is 15.7 Å². The van der Waals surface area contributed by atoms with E-state index in [1.165, 1.54) is 116 Å². The Morgan fingerprint density at radius 3 is 2.06 bits per heavy atom. The number of hydrogen-bond donors (Lipinski definition) is 1. The molecule has 0 fully saturated rings. The van der Waals surface area contributed by atoms with Gasteiger partial charge in [0.1, 0.15) is 5.69 Å². The Hall–Kier alpha value is -2.84. The molecule has 0 unspecified atom stereocenters. The van der Waals surface area contributed by atoms with E-state index >= 15 is 0 Å². The lowest BCUT2D eigenvalue weighted by Crippen LogP contribution is -2.77. The molecule has 5 rings (SSSR count). The van der Waals surface area contributed by atoms with E-state index in [1.807, 2.05) is 24.3 Å². The van der Waals surface area contributed by atoms with Crippen LogP contribution in [0.3, 0.4) is 0 Å². The molecular weight excluding hydrogens is 851 g/mol. The lowest BCUT2D eigenvalue weighted by atomic mass is 9.80. The number of quaternary nitrogens is 1. The molecule has 0 bridgehead atoms. The van der Waals surface area contributed by atoms with E-state index in [2.05, 4.69) is 111 Å². The monoisotopic (exact) mass is 923 g/mol. The topological polar surface area (TPSA) is 63.2 Å². The number of likely N-dealkylation sites (N-methyl/N-ethyl adjacent to an activating group) is 1. The summed E-state index contributed by atoms with van der Waals surface area (Å²) in [7, 11) is -2.37. The van der Waals surface area contributed by atoms with Crippen LogP contribution >= 0.6 is 34.8 Å². The number of aryl methyl sites for hydroxylation is 1. The third kappa shape index (κ3) is 14.6. The molecule has 0 atom stereocenters. The molecule has 3 aromatic carbocycles. The second-order valence-corrected chi connectivity index (χ2v) is 21.0. The summed E-state index contributed by atoms with van der Waals surface area (Å²) in [5.41, 5.74) is 9.83. The van der Waals surface area contributed by atoms with Crippen LogP contribution in [0.2, 0.25) is 10.0 Å². The Labute approximate surface area is 391 Å². The van der Waals surface area contributed by atoms with Gasteiger partial charge in [0.05, 0.1) is 18.6 Å². The van der Waals surface area contributed by atoms with Crippen molar-refractivity contribution in [3.63, 3.8) is 0 Å². The lowest BCUT2D eigenvalue weighted by molar-refractivity contribution is -0.568. The van der Waals surface area contributed by atoms with Crippen molar-refractivity contribution in [3.05, 3.63) is 134 Å². The highest BCUT2D eigenvalue weighted by atomic mass is 35.5. The van der Waals surface area contributed by atoms with Crippen LogP contribution in [0.25, 0.3) is 0 Å². The number of allylic oxidation sites excluding steroid dienone is 8. The summed E-state index contributed by atoms with van der Waals surface area (Å²) < 4.78 is 27.6. The summed E-state index contributed by atoms with van der Waals surface area (Å²) in [6, 6.07) is 19.5. The van der Waals surface area contributed by atoms with E-state index in [0.717, 1.165) is 60.3 Å². The molecule has 0 radical (unpaired) electrons. The molecule has 62 heavy (non-hydrogen) atoms. The zero-order valence-corrected chi connectivity index (χ0v) is 42.0. The number of benzene rings is 3. The van der Waals surface area contributed by atoms with Crippen molar-refractivity contribution in [1.82, 2.24) is 0 Å². The van der Waals surface area contributed by atoms with Crippen molar-refractivity contribution in [1.29, 1.82) is 0 Å². The molecule has 0 aromatic heterocycles. The van der Waals surface area contributed by atoms with E-state index < -0.39 is 10.1 Å². The molecule has 0 spiro atoms. The zero-order chi connectivity index (χ0) is 45.3. The number of anilines is 1. The van der Waals surface area contributed by atoms with Crippen LogP contribution in [0.1, 0.15) is 155 Å². The predicted molar refractivity (Wildman–Crippen MR) is 267 cm³/mol. The first kappa shape index (κ1) is 51.8. The first-order valence-corrected chi connectivity index (χ1v) is 25.7. The maximum Gasteiger partial charge on any atom is 0.296 e. The number of halogens is 3. The Morgan fingerprint density at radius 1 is 0.806 bits per heavy atom. The van der Waals surface area contributed by atoms with Gasteiger partial charge in [-0.25, -0.2) is 0 Å². The Kier molecular flexibility index (Phi) is 20.9. The van der Waals surface area contributed by atoms with E-state index in [9.17, 15) is 8.42 Å². The first-order valence-electron chi connectivity index (χ1n) is 23.2. The van der Waals surface area contributed by atoms with Crippen LogP contribution in [0.15, 0.2) is 112 Å². The Morgan fingerprint density at radius 2 is 1.44 bits per heavy atom. The quantitative estimate of drug-likeness (QED) is 0.0657. The Balaban J connectivity index is 0.000000314. The van der Waals surface area contributed by atoms with Gasteiger partial charge in [0, 0.05) is 50.1 Å². The maximum absolute atomic E-state index is 11.5. The third-order valence-corrected chi connectivity index (χ3v) is 14.7. The standard InChI is InChI=1S/C34H41Cl3N2.C19H32O3S/c1-7-38-29-17-15-25(35)21-27(29)33(3,4)20-10-13-23-11-9-12-24(32(23)37)14-19-31-34(5,6)28-22-26(36)16-18-30(28)39(31)8-2;1-3-4-5-6-7-8-9-10-11-12-13-18-14-16-19(17-15-18)23(20,21)22-2/h10,13-19,21-22,38H,7-9,11-12,20H2,1-6H3;14-17H,3-13H2,1-2H3/p+1/b13-10+,24-14+,31-19+;. The summed E-state index contributed by atoms with van der Waals surface area (Å²) in [4.78, 5) is 2.62. The smallest absolute Gasteiger partial charge is 0.296 e. The molecule has 5 nitrogen and oxygen atoms in total. The molecule has 2 N–H and O–H groups in total. The van der Waals surface area contributed by atoms with Crippen molar-refractivity contribution in [2.45, 2.75) is 161 Å². The fourth-order valence-electron chi connectivity index (χ4n) is 8.73. The van der Waals surface area contributed by atoms with Gasteiger partial charge >= 0.3 is 0 Å². The summed E-state index contributed by atoms with van der Waals surface area (Å²) in [5.74, 6) is 0. The number of nitrogens with zero attached hydrogens (tertiary/aromatic N) is 1. The van der Waals surface area contributed by atoms with Gasteiger partial charge in [-0.05, 0) is 129 Å². The highest BCUT2D eigenvalue weighted by Crippen LogP contribution is 2.48. The molecule has 0 amide bonds. The first-order chi connectivity index (χ1) is 29.6. The number of fused-ring (bicyclic) bond motifs is 1. The minimum Gasteiger partial charge on any atom is -0.344 e. The van der Waals surface area contributed by atoms with Crippen molar-refractivity contribution in [2.75, 3.05) is 25.1 Å². The second kappa shape index (κ2) is 25.0. The molecule has 0 saturated carbocycles. The van der Waals surface area contributed by atoms with Gasteiger partial charge in [0.15, 0.2) is 0 Å². The zero-order valence-electron chi connectivity index (χ0n) is 38.9. The van der Waals surface area contributed by atoms with Gasteiger partial charge in [-0.2, -0.15) is 8.42 Å². The molecule has 3 aromatic rings. The largest absolute Gasteiger partial charge is 0.344 e. The molecule has 1 aliphatic heterocycles. The van der Waals surface area contributed by atoms with Gasteiger partial charge in [0.2, 0.25) is 0 Å². The van der Waals surface area contributed by atoms with Crippen LogP contribution in [0, 0.1) is 0 Å². The van der Waals surface area contributed by atoms with E-state index in [4.69, 9.17) is 34.8 Å². The van der Waals surface area contributed by atoms with Gasteiger partial charge in [0.25, 0.3) is 10.1 Å². The third-order valence-electron chi connectivity index (χ3n) is 12.4. The van der Waals surface area contributed by atoms with Gasteiger partial charge in [-0.1, -0.05) is 158 Å². The molecule has 340 valence electrons. The number of unbranched alkanes of at least 4 members (excludes halogenated alkanes) is 9. The molecule has 2 aliphatic rings. The molecule has 9 heteroatoms. The van der Waals surface area contributed by atoms with Gasteiger partial charge in [-0.15, -0.1) is 0 Å².